The van der Waals surface area contributed by atoms with Gasteiger partial charge in [-0.05, 0) is 100 Å². The van der Waals surface area contributed by atoms with E-state index in [1.807, 2.05) is 0 Å². The van der Waals surface area contributed by atoms with Crippen LogP contribution in [0.5, 0.6) is 0 Å². The lowest BCUT2D eigenvalue weighted by atomic mass is 9.66. The Balaban J connectivity index is 1.05. The summed E-state index contributed by atoms with van der Waals surface area (Å²) >= 11 is 0. The zero-order valence-corrected chi connectivity index (χ0v) is 36.8. The van der Waals surface area contributed by atoms with Crippen LogP contribution in [0.4, 0.5) is 0 Å². The summed E-state index contributed by atoms with van der Waals surface area (Å²) in [6, 6.07) is 84.2. The third kappa shape index (κ3) is 5.48. The molecule has 1 heterocycles. The van der Waals surface area contributed by atoms with Crippen molar-refractivity contribution in [1.29, 1.82) is 0 Å². The molecule has 13 rings (SSSR count). The highest BCUT2D eigenvalue weighted by molar-refractivity contribution is 6.07. The Morgan fingerprint density at radius 2 is 0.803 bits per heavy atom. The molecule has 1 aromatic heterocycles. The van der Waals surface area contributed by atoms with Crippen molar-refractivity contribution in [1.82, 2.24) is 9.97 Å². The van der Waals surface area contributed by atoms with Gasteiger partial charge >= 0.3 is 0 Å². The molecule has 10 aromatic carbocycles. The summed E-state index contributed by atoms with van der Waals surface area (Å²) in [5.41, 5.74) is 19.4. The van der Waals surface area contributed by atoms with Gasteiger partial charge in [-0.1, -0.05) is 232 Å². The van der Waals surface area contributed by atoms with Crippen LogP contribution < -0.4 is 0 Å². The first-order valence-corrected chi connectivity index (χ1v) is 23.0. The molecule has 66 heavy (non-hydrogen) atoms. The second-order valence-electron chi connectivity index (χ2n) is 18.4. The Morgan fingerprint density at radius 1 is 0.318 bits per heavy atom. The topological polar surface area (TPSA) is 25.8 Å². The first kappa shape index (κ1) is 38.3. The third-order valence-corrected chi connectivity index (χ3v) is 14.5. The van der Waals surface area contributed by atoms with Crippen molar-refractivity contribution in [2.24, 2.45) is 0 Å². The van der Waals surface area contributed by atoms with Crippen LogP contribution >= 0.6 is 0 Å². The van der Waals surface area contributed by atoms with Crippen LogP contribution in [-0.2, 0) is 10.8 Å². The predicted molar refractivity (Wildman–Crippen MR) is 274 cm³/mol. The van der Waals surface area contributed by atoms with Gasteiger partial charge in [-0.2, -0.15) is 0 Å². The largest absolute Gasteiger partial charge is 0.228 e. The molecule has 0 saturated heterocycles. The van der Waals surface area contributed by atoms with E-state index in [2.05, 4.69) is 244 Å². The summed E-state index contributed by atoms with van der Waals surface area (Å²) in [7, 11) is 0. The number of nitrogens with zero attached hydrogens (tertiary/aromatic N) is 2. The molecule has 0 atom stereocenters. The van der Waals surface area contributed by atoms with E-state index in [1.165, 1.54) is 82.9 Å². The van der Waals surface area contributed by atoms with Gasteiger partial charge in [-0.15, -0.1) is 0 Å². The van der Waals surface area contributed by atoms with Gasteiger partial charge in [0.15, 0.2) is 5.82 Å². The number of fused-ring (bicyclic) bond motifs is 9. The molecule has 310 valence electrons. The highest BCUT2D eigenvalue weighted by atomic mass is 14.9. The van der Waals surface area contributed by atoms with E-state index in [-0.39, 0.29) is 5.41 Å². The summed E-state index contributed by atoms with van der Waals surface area (Å²) in [5.74, 6) is 0.699. The number of aromatic nitrogens is 2. The van der Waals surface area contributed by atoms with Gasteiger partial charge in [-0.25, -0.2) is 9.97 Å². The molecule has 2 heteroatoms. The zero-order valence-electron chi connectivity index (χ0n) is 36.8. The number of hydrogen-bond donors (Lipinski definition) is 0. The van der Waals surface area contributed by atoms with E-state index in [1.54, 1.807) is 0 Å². The zero-order chi connectivity index (χ0) is 44.0. The minimum atomic E-state index is -0.590. The second-order valence-corrected chi connectivity index (χ2v) is 18.4. The maximum atomic E-state index is 5.67. The van der Waals surface area contributed by atoms with Crippen LogP contribution in [0.2, 0.25) is 0 Å². The standard InChI is InChI=1S/C64H44N2/c1-63(2)59-45-27-13-12-20-41(45)36-37-53(59)52-33-18-31-50(60(52)63)48-38-39-54(47-29-15-14-28-46(47)48)62-65-57(42-21-6-3-7-22-42)40-58(66-62)55-34-19-32-51-49-30-16-17-35-56(49)64(61(51)55,43-23-8-4-9-24-43)44-25-10-5-11-26-44/h3-40H,1-2H3. The van der Waals surface area contributed by atoms with Crippen molar-refractivity contribution in [2.75, 3.05) is 0 Å². The van der Waals surface area contributed by atoms with Crippen LogP contribution in [0.25, 0.3) is 88.8 Å². The molecule has 11 aromatic rings. The fourth-order valence-electron chi connectivity index (χ4n) is 11.9. The van der Waals surface area contributed by atoms with Crippen molar-refractivity contribution in [2.45, 2.75) is 24.7 Å². The minimum absolute atomic E-state index is 0.214. The highest BCUT2D eigenvalue weighted by Crippen LogP contribution is 2.59. The number of benzene rings is 10. The van der Waals surface area contributed by atoms with Gasteiger partial charge in [0.25, 0.3) is 0 Å². The SMILES string of the molecule is CC1(C)c2c(cccc2-c2ccc(-c3nc(-c4ccccc4)cc(-c4cccc5c4C(c4ccccc4)(c4ccccc4)c4ccccc4-5)n3)c3ccccc23)-c2ccc3ccccc3c21. The van der Waals surface area contributed by atoms with E-state index >= 15 is 0 Å². The van der Waals surface area contributed by atoms with Gasteiger partial charge < -0.3 is 0 Å². The van der Waals surface area contributed by atoms with Crippen LogP contribution in [0, 0.1) is 0 Å². The maximum absolute atomic E-state index is 5.67. The average molecular weight is 841 g/mol. The maximum Gasteiger partial charge on any atom is 0.161 e. The van der Waals surface area contributed by atoms with Gasteiger partial charge in [0.2, 0.25) is 0 Å². The van der Waals surface area contributed by atoms with Crippen molar-refractivity contribution in [3.05, 3.63) is 264 Å². The fraction of sp³-hybridized carbons (Fsp3) is 0.0625. The quantitative estimate of drug-likeness (QED) is 0.167. The van der Waals surface area contributed by atoms with Crippen LogP contribution in [0.1, 0.15) is 47.2 Å². The van der Waals surface area contributed by atoms with Gasteiger partial charge in [0, 0.05) is 22.1 Å². The normalized spacial score (nSPS) is 13.8. The molecule has 0 radical (unpaired) electrons. The minimum Gasteiger partial charge on any atom is -0.228 e. The number of rotatable bonds is 6. The summed E-state index contributed by atoms with van der Waals surface area (Å²) in [5, 5.41) is 4.90. The van der Waals surface area contributed by atoms with Crippen molar-refractivity contribution < 1.29 is 0 Å². The lowest BCUT2D eigenvalue weighted by Crippen LogP contribution is -2.29. The van der Waals surface area contributed by atoms with Gasteiger partial charge in [0.1, 0.15) is 0 Å². The third-order valence-electron chi connectivity index (χ3n) is 14.5. The molecule has 0 bridgehead atoms. The van der Waals surface area contributed by atoms with Crippen molar-refractivity contribution in [3.8, 4) is 67.3 Å². The Morgan fingerprint density at radius 3 is 1.52 bits per heavy atom. The van der Waals surface area contributed by atoms with Crippen molar-refractivity contribution in [3.63, 3.8) is 0 Å². The molecular formula is C64H44N2. The molecule has 2 nitrogen and oxygen atoms in total. The molecule has 0 spiro atoms. The summed E-state index contributed by atoms with van der Waals surface area (Å²) < 4.78 is 0. The molecule has 0 aliphatic heterocycles. The van der Waals surface area contributed by atoms with Crippen LogP contribution in [0.15, 0.2) is 231 Å². The van der Waals surface area contributed by atoms with Crippen molar-refractivity contribution >= 4 is 21.5 Å². The monoisotopic (exact) mass is 840 g/mol. The molecule has 0 N–H and O–H groups in total. The highest BCUT2D eigenvalue weighted by Gasteiger charge is 2.48. The summed E-state index contributed by atoms with van der Waals surface area (Å²) in [4.78, 5) is 11.1. The summed E-state index contributed by atoms with van der Waals surface area (Å²) in [6.45, 7) is 4.80. The Hall–Kier alpha value is -8.20. The predicted octanol–water partition coefficient (Wildman–Crippen LogP) is 16.1. The molecule has 2 aliphatic carbocycles. The first-order valence-electron chi connectivity index (χ1n) is 23.0. The lowest BCUT2D eigenvalue weighted by molar-refractivity contribution is 0.668. The molecule has 0 amide bonds. The van der Waals surface area contributed by atoms with Crippen LogP contribution in [-0.4, -0.2) is 9.97 Å². The molecule has 2 aliphatic rings. The van der Waals surface area contributed by atoms with E-state index < -0.39 is 5.41 Å². The van der Waals surface area contributed by atoms with E-state index in [9.17, 15) is 0 Å². The van der Waals surface area contributed by atoms with Gasteiger partial charge in [0.05, 0.1) is 16.8 Å². The fourth-order valence-corrected chi connectivity index (χ4v) is 11.9. The Bertz CT molecular complexity index is 3680. The Kier molecular flexibility index (Phi) is 8.51. The smallest absolute Gasteiger partial charge is 0.161 e. The second kappa shape index (κ2) is 14.7. The molecule has 0 saturated carbocycles. The average Bonchev–Trinajstić information content (AvgIpc) is 3.83. The number of hydrogen-bond acceptors (Lipinski definition) is 2. The van der Waals surface area contributed by atoms with E-state index in [0.29, 0.717) is 5.82 Å². The lowest BCUT2D eigenvalue weighted by Gasteiger charge is -2.35. The van der Waals surface area contributed by atoms with Crippen LogP contribution in [0.3, 0.4) is 0 Å². The summed E-state index contributed by atoms with van der Waals surface area (Å²) in [6.07, 6.45) is 0. The van der Waals surface area contributed by atoms with E-state index in [0.717, 1.165) is 33.5 Å². The first-order chi connectivity index (χ1) is 32.5. The molecule has 0 unspecified atom stereocenters. The van der Waals surface area contributed by atoms with Gasteiger partial charge in [-0.3, -0.25) is 0 Å². The molecule has 0 fully saturated rings. The molecular weight excluding hydrogens is 797 g/mol. The Labute approximate surface area is 385 Å². The van der Waals surface area contributed by atoms with E-state index in [4.69, 9.17) is 9.97 Å².